The Kier molecular flexibility index (Phi) is 4.53. The minimum atomic E-state index is -3.70. The fourth-order valence-electron chi connectivity index (χ4n) is 3.44. The number of nitrogens with zero attached hydrogens (tertiary/aromatic N) is 4. The lowest BCUT2D eigenvalue weighted by molar-refractivity contribution is 0.399. The molecule has 3 heterocycles. The number of pyridine rings is 1. The minimum absolute atomic E-state index is 0.0991. The molecular formula is C19H19FN4O2S. The van der Waals surface area contributed by atoms with E-state index in [0.29, 0.717) is 13.0 Å². The van der Waals surface area contributed by atoms with Gasteiger partial charge in [0.2, 0.25) is 10.0 Å². The molecule has 0 amide bonds. The molecule has 0 atom stereocenters. The average Bonchev–Trinajstić information content (AvgIpc) is 2.84. The number of hydrogen-bond donors (Lipinski definition) is 0. The largest absolute Gasteiger partial charge is 0.270 e. The number of hydrogen-bond acceptors (Lipinski definition) is 4. The summed E-state index contributed by atoms with van der Waals surface area (Å²) < 4.78 is 42.4. The van der Waals surface area contributed by atoms with E-state index in [2.05, 4.69) is 10.1 Å². The molecule has 1 aromatic carbocycles. The standard InChI is InChI=1S/C19H19FN4O2S/c1-23-18-13-24(27(25,26)16-8-6-15(20)7-9-16)11-3-5-17(18)19(22-23)14-4-2-10-21-12-14/h2,4,6-10,12H,3,5,11,13H2,1H3. The summed E-state index contributed by atoms with van der Waals surface area (Å²) in [6, 6.07) is 8.76. The summed E-state index contributed by atoms with van der Waals surface area (Å²) in [5, 5.41) is 4.61. The van der Waals surface area contributed by atoms with Crippen LogP contribution in [-0.2, 0) is 30.0 Å². The van der Waals surface area contributed by atoms with E-state index in [1.165, 1.54) is 28.6 Å². The summed E-state index contributed by atoms with van der Waals surface area (Å²) in [6.45, 7) is 0.639. The molecule has 0 saturated carbocycles. The van der Waals surface area contributed by atoms with Crippen molar-refractivity contribution < 1.29 is 12.8 Å². The third-order valence-corrected chi connectivity index (χ3v) is 6.68. The zero-order valence-electron chi connectivity index (χ0n) is 14.8. The van der Waals surface area contributed by atoms with Crippen LogP contribution in [0.3, 0.4) is 0 Å². The van der Waals surface area contributed by atoms with Crippen LogP contribution in [0.2, 0.25) is 0 Å². The summed E-state index contributed by atoms with van der Waals surface area (Å²) in [7, 11) is -1.88. The molecule has 4 rings (SSSR count). The van der Waals surface area contributed by atoms with Crippen LogP contribution in [0, 0.1) is 5.82 Å². The lowest BCUT2D eigenvalue weighted by Gasteiger charge is -2.20. The maximum Gasteiger partial charge on any atom is 0.243 e. The maximum absolute atomic E-state index is 13.2. The second-order valence-corrected chi connectivity index (χ2v) is 8.47. The zero-order valence-corrected chi connectivity index (χ0v) is 15.7. The highest BCUT2D eigenvalue weighted by Crippen LogP contribution is 2.30. The molecule has 0 spiro atoms. The molecule has 0 fully saturated rings. The number of benzene rings is 1. The van der Waals surface area contributed by atoms with Crippen LogP contribution >= 0.6 is 0 Å². The van der Waals surface area contributed by atoms with Crippen LogP contribution in [0.1, 0.15) is 17.7 Å². The quantitative estimate of drug-likeness (QED) is 0.694. The minimum Gasteiger partial charge on any atom is -0.270 e. The van der Waals surface area contributed by atoms with Gasteiger partial charge in [0.15, 0.2) is 0 Å². The molecule has 0 radical (unpaired) electrons. The van der Waals surface area contributed by atoms with Gasteiger partial charge in [0.25, 0.3) is 0 Å². The zero-order chi connectivity index (χ0) is 19.0. The lowest BCUT2D eigenvalue weighted by Crippen LogP contribution is -2.31. The number of sulfonamides is 1. The van der Waals surface area contributed by atoms with Gasteiger partial charge in [0.05, 0.1) is 22.8 Å². The second kappa shape index (κ2) is 6.86. The third-order valence-electron chi connectivity index (χ3n) is 4.82. The van der Waals surface area contributed by atoms with Gasteiger partial charge in [-0.1, -0.05) is 0 Å². The first-order valence-electron chi connectivity index (χ1n) is 8.67. The predicted octanol–water partition coefficient (Wildman–Crippen LogP) is 2.76. The van der Waals surface area contributed by atoms with Crippen LogP contribution in [0.4, 0.5) is 4.39 Å². The highest BCUT2D eigenvalue weighted by molar-refractivity contribution is 7.89. The second-order valence-electron chi connectivity index (χ2n) is 6.54. The van der Waals surface area contributed by atoms with Crippen LogP contribution in [0.5, 0.6) is 0 Å². The van der Waals surface area contributed by atoms with Crippen molar-refractivity contribution in [3.63, 3.8) is 0 Å². The molecule has 3 aromatic rings. The van der Waals surface area contributed by atoms with E-state index in [1.807, 2.05) is 19.2 Å². The van der Waals surface area contributed by atoms with Crippen molar-refractivity contribution in [1.82, 2.24) is 19.1 Å². The van der Waals surface area contributed by atoms with Gasteiger partial charge in [-0.15, -0.1) is 0 Å². The van der Waals surface area contributed by atoms with Gasteiger partial charge in [0, 0.05) is 37.1 Å². The molecule has 27 heavy (non-hydrogen) atoms. The average molecular weight is 386 g/mol. The van der Waals surface area contributed by atoms with Crippen LogP contribution in [0.25, 0.3) is 11.3 Å². The van der Waals surface area contributed by atoms with E-state index in [1.54, 1.807) is 17.1 Å². The molecule has 0 bridgehead atoms. The van der Waals surface area contributed by atoms with Gasteiger partial charge in [-0.05, 0) is 49.2 Å². The molecule has 2 aromatic heterocycles. The molecule has 140 valence electrons. The van der Waals surface area contributed by atoms with Crippen molar-refractivity contribution in [3.05, 3.63) is 65.9 Å². The van der Waals surface area contributed by atoms with Gasteiger partial charge in [-0.3, -0.25) is 9.67 Å². The Labute approximate surface area is 157 Å². The highest BCUT2D eigenvalue weighted by Gasteiger charge is 2.30. The maximum atomic E-state index is 13.2. The van der Waals surface area contributed by atoms with Crippen molar-refractivity contribution in [1.29, 1.82) is 0 Å². The summed E-state index contributed by atoms with van der Waals surface area (Å²) >= 11 is 0. The van der Waals surface area contributed by atoms with Gasteiger partial charge < -0.3 is 0 Å². The number of aryl methyl sites for hydroxylation is 1. The lowest BCUT2D eigenvalue weighted by atomic mass is 10.0. The highest BCUT2D eigenvalue weighted by atomic mass is 32.2. The topological polar surface area (TPSA) is 68.1 Å². The molecule has 1 aliphatic heterocycles. The predicted molar refractivity (Wildman–Crippen MR) is 98.8 cm³/mol. The van der Waals surface area contributed by atoms with E-state index < -0.39 is 15.8 Å². The van der Waals surface area contributed by atoms with E-state index >= 15 is 0 Å². The number of aromatic nitrogens is 3. The van der Waals surface area contributed by atoms with Crippen molar-refractivity contribution in [2.75, 3.05) is 6.54 Å². The summed E-state index contributed by atoms with van der Waals surface area (Å²) in [6.07, 6.45) is 4.90. The summed E-state index contributed by atoms with van der Waals surface area (Å²) in [5.74, 6) is -0.458. The third kappa shape index (κ3) is 3.26. The molecule has 0 unspecified atom stereocenters. The van der Waals surface area contributed by atoms with Crippen molar-refractivity contribution >= 4 is 10.0 Å². The monoisotopic (exact) mass is 386 g/mol. The van der Waals surface area contributed by atoms with Crippen molar-refractivity contribution in [2.45, 2.75) is 24.3 Å². The van der Waals surface area contributed by atoms with E-state index in [4.69, 9.17) is 0 Å². The van der Waals surface area contributed by atoms with Gasteiger partial charge in [0.1, 0.15) is 5.82 Å². The molecule has 0 aliphatic carbocycles. The first-order valence-corrected chi connectivity index (χ1v) is 10.1. The molecule has 6 nitrogen and oxygen atoms in total. The number of halogens is 1. The Morgan fingerprint density at radius 3 is 2.63 bits per heavy atom. The first kappa shape index (κ1) is 17.8. The first-order chi connectivity index (χ1) is 13.0. The molecule has 0 N–H and O–H groups in total. The Hall–Kier alpha value is -2.58. The molecule has 8 heteroatoms. The summed E-state index contributed by atoms with van der Waals surface area (Å²) in [5.41, 5.74) is 3.70. The molecular weight excluding hydrogens is 367 g/mol. The van der Waals surface area contributed by atoms with Gasteiger partial charge in [-0.25, -0.2) is 12.8 Å². The normalized spacial score (nSPS) is 15.3. The fourth-order valence-corrected chi connectivity index (χ4v) is 4.88. The Bertz CT molecular complexity index is 1060. The number of fused-ring (bicyclic) bond motifs is 1. The van der Waals surface area contributed by atoms with Gasteiger partial charge in [-0.2, -0.15) is 9.40 Å². The molecule has 1 aliphatic rings. The van der Waals surface area contributed by atoms with Gasteiger partial charge >= 0.3 is 0 Å². The van der Waals surface area contributed by atoms with E-state index in [9.17, 15) is 12.8 Å². The van der Waals surface area contributed by atoms with Crippen molar-refractivity contribution in [2.24, 2.45) is 7.05 Å². The summed E-state index contributed by atoms with van der Waals surface area (Å²) in [4.78, 5) is 4.26. The fraction of sp³-hybridized carbons (Fsp3) is 0.263. The van der Waals surface area contributed by atoms with Crippen LogP contribution in [0.15, 0.2) is 53.7 Å². The van der Waals surface area contributed by atoms with E-state index in [0.717, 1.165) is 28.9 Å². The number of rotatable bonds is 3. The Morgan fingerprint density at radius 1 is 1.15 bits per heavy atom. The van der Waals surface area contributed by atoms with Crippen molar-refractivity contribution in [3.8, 4) is 11.3 Å². The Balaban J connectivity index is 1.72. The van der Waals surface area contributed by atoms with Crippen LogP contribution < -0.4 is 0 Å². The van der Waals surface area contributed by atoms with E-state index in [-0.39, 0.29) is 11.4 Å². The van der Waals surface area contributed by atoms with Crippen LogP contribution in [-0.4, -0.2) is 34.0 Å². The molecule has 0 saturated heterocycles. The Morgan fingerprint density at radius 2 is 1.93 bits per heavy atom. The SMILES string of the molecule is Cn1nc(-c2cccnc2)c2c1CN(S(=O)(=O)c1ccc(F)cc1)CCC2. The smallest absolute Gasteiger partial charge is 0.243 e.